The lowest BCUT2D eigenvalue weighted by molar-refractivity contribution is -0.155. The lowest BCUT2D eigenvalue weighted by Crippen LogP contribution is -2.22. The fourth-order valence-electron chi connectivity index (χ4n) is 1.12. The van der Waals surface area contributed by atoms with Gasteiger partial charge in [-0.2, -0.15) is 0 Å². The Kier molecular flexibility index (Phi) is 4.51. The molecule has 1 rings (SSSR count). The summed E-state index contributed by atoms with van der Waals surface area (Å²) in [4.78, 5) is 0. The quantitative estimate of drug-likeness (QED) is 0.594. The summed E-state index contributed by atoms with van der Waals surface area (Å²) in [5.41, 5.74) is 0. The molecule has 0 aliphatic carbocycles. The SMILES string of the molecule is C#CC=CCOC1CCCCO1. The van der Waals surface area contributed by atoms with Crippen molar-refractivity contribution >= 4 is 0 Å². The lowest BCUT2D eigenvalue weighted by atomic mass is 10.2. The highest BCUT2D eigenvalue weighted by atomic mass is 16.7. The van der Waals surface area contributed by atoms with E-state index < -0.39 is 0 Å². The highest BCUT2D eigenvalue weighted by molar-refractivity contribution is 5.08. The van der Waals surface area contributed by atoms with E-state index in [2.05, 4.69) is 5.92 Å². The Morgan fingerprint density at radius 1 is 1.58 bits per heavy atom. The van der Waals surface area contributed by atoms with Gasteiger partial charge in [0.05, 0.1) is 6.61 Å². The molecule has 1 saturated heterocycles. The molecule has 0 amide bonds. The average molecular weight is 166 g/mol. The van der Waals surface area contributed by atoms with Gasteiger partial charge in [0.2, 0.25) is 0 Å². The van der Waals surface area contributed by atoms with Crippen molar-refractivity contribution in [2.45, 2.75) is 25.6 Å². The second kappa shape index (κ2) is 5.82. The Morgan fingerprint density at radius 3 is 3.17 bits per heavy atom. The molecule has 1 atom stereocenters. The molecule has 2 heteroatoms. The number of terminal acetylenes is 1. The summed E-state index contributed by atoms with van der Waals surface area (Å²) < 4.78 is 10.7. The molecule has 12 heavy (non-hydrogen) atoms. The van der Waals surface area contributed by atoms with Crippen molar-refractivity contribution in [3.8, 4) is 12.3 Å². The van der Waals surface area contributed by atoms with E-state index in [0.717, 1.165) is 19.4 Å². The minimum Gasteiger partial charge on any atom is -0.353 e. The molecule has 0 saturated carbocycles. The molecular formula is C10H14O2. The van der Waals surface area contributed by atoms with Crippen molar-refractivity contribution in [3.63, 3.8) is 0 Å². The number of rotatable bonds is 3. The third kappa shape index (κ3) is 3.56. The van der Waals surface area contributed by atoms with Gasteiger partial charge in [-0.05, 0) is 25.3 Å². The molecule has 0 bridgehead atoms. The molecule has 2 nitrogen and oxygen atoms in total. The Bertz CT molecular complexity index is 173. The minimum absolute atomic E-state index is 0.0128. The van der Waals surface area contributed by atoms with E-state index in [1.807, 2.05) is 6.08 Å². The Hall–Kier alpha value is -0.780. The maximum atomic E-state index is 5.38. The molecule has 1 heterocycles. The summed E-state index contributed by atoms with van der Waals surface area (Å²) >= 11 is 0. The van der Waals surface area contributed by atoms with Crippen molar-refractivity contribution in [3.05, 3.63) is 12.2 Å². The van der Waals surface area contributed by atoms with Gasteiger partial charge in [-0.1, -0.05) is 12.0 Å². The van der Waals surface area contributed by atoms with Crippen LogP contribution >= 0.6 is 0 Å². The fourth-order valence-corrected chi connectivity index (χ4v) is 1.12. The maximum absolute atomic E-state index is 5.38. The Balaban J connectivity index is 2.06. The van der Waals surface area contributed by atoms with Gasteiger partial charge in [0.1, 0.15) is 0 Å². The first-order valence-electron chi connectivity index (χ1n) is 4.28. The number of hydrogen-bond acceptors (Lipinski definition) is 2. The molecule has 1 aliphatic heterocycles. The molecule has 0 aromatic heterocycles. The van der Waals surface area contributed by atoms with Crippen molar-refractivity contribution in [2.75, 3.05) is 13.2 Å². The smallest absolute Gasteiger partial charge is 0.157 e. The van der Waals surface area contributed by atoms with Crippen LogP contribution in [0.4, 0.5) is 0 Å². The van der Waals surface area contributed by atoms with E-state index in [9.17, 15) is 0 Å². The Morgan fingerprint density at radius 2 is 2.50 bits per heavy atom. The molecule has 0 aromatic carbocycles. The normalized spacial score (nSPS) is 24.1. The molecule has 0 N–H and O–H groups in total. The van der Waals surface area contributed by atoms with Gasteiger partial charge < -0.3 is 9.47 Å². The number of ether oxygens (including phenoxy) is 2. The highest BCUT2D eigenvalue weighted by Crippen LogP contribution is 2.13. The first-order chi connectivity index (χ1) is 5.93. The van der Waals surface area contributed by atoms with Crippen LogP contribution in [0.3, 0.4) is 0 Å². The maximum Gasteiger partial charge on any atom is 0.157 e. The molecule has 1 aliphatic rings. The molecular weight excluding hydrogens is 152 g/mol. The van der Waals surface area contributed by atoms with Crippen LogP contribution in [0.2, 0.25) is 0 Å². The van der Waals surface area contributed by atoms with Gasteiger partial charge in [0.25, 0.3) is 0 Å². The second-order valence-electron chi connectivity index (χ2n) is 2.70. The van der Waals surface area contributed by atoms with Crippen LogP contribution < -0.4 is 0 Å². The van der Waals surface area contributed by atoms with Crippen LogP contribution in [0, 0.1) is 12.3 Å². The van der Waals surface area contributed by atoms with Crippen LogP contribution in [-0.4, -0.2) is 19.5 Å². The highest BCUT2D eigenvalue weighted by Gasteiger charge is 2.12. The standard InChI is InChI=1S/C10H14O2/c1-2-3-5-8-11-10-7-4-6-9-12-10/h1,3,5,10H,4,6-9H2. The number of allylic oxidation sites excluding steroid dienone is 1. The number of hydrogen-bond donors (Lipinski definition) is 0. The minimum atomic E-state index is -0.0128. The molecule has 1 unspecified atom stereocenters. The second-order valence-corrected chi connectivity index (χ2v) is 2.70. The van der Waals surface area contributed by atoms with Crippen LogP contribution in [0.25, 0.3) is 0 Å². The summed E-state index contributed by atoms with van der Waals surface area (Å²) in [5.74, 6) is 2.40. The van der Waals surface area contributed by atoms with Gasteiger partial charge in [-0.15, -0.1) is 6.42 Å². The Labute approximate surface area is 73.6 Å². The van der Waals surface area contributed by atoms with E-state index in [0.29, 0.717) is 6.61 Å². The monoisotopic (exact) mass is 166 g/mol. The summed E-state index contributed by atoms with van der Waals surface area (Å²) in [5, 5.41) is 0. The topological polar surface area (TPSA) is 18.5 Å². The van der Waals surface area contributed by atoms with Crippen molar-refractivity contribution in [1.29, 1.82) is 0 Å². The van der Waals surface area contributed by atoms with E-state index >= 15 is 0 Å². The van der Waals surface area contributed by atoms with Gasteiger partial charge in [-0.3, -0.25) is 0 Å². The van der Waals surface area contributed by atoms with Crippen molar-refractivity contribution < 1.29 is 9.47 Å². The predicted octanol–water partition coefficient (Wildman–Crippen LogP) is 1.72. The molecule has 0 aromatic rings. The van der Waals surface area contributed by atoms with E-state index in [1.165, 1.54) is 6.42 Å². The zero-order valence-electron chi connectivity index (χ0n) is 7.16. The van der Waals surface area contributed by atoms with Crippen molar-refractivity contribution in [2.24, 2.45) is 0 Å². The largest absolute Gasteiger partial charge is 0.353 e. The van der Waals surface area contributed by atoms with Gasteiger partial charge >= 0.3 is 0 Å². The van der Waals surface area contributed by atoms with Gasteiger partial charge in [0.15, 0.2) is 6.29 Å². The molecule has 66 valence electrons. The van der Waals surface area contributed by atoms with E-state index in [1.54, 1.807) is 6.08 Å². The zero-order chi connectivity index (χ0) is 8.65. The van der Waals surface area contributed by atoms with E-state index in [-0.39, 0.29) is 6.29 Å². The van der Waals surface area contributed by atoms with Crippen LogP contribution in [0.5, 0.6) is 0 Å². The third-order valence-corrected chi connectivity index (χ3v) is 1.73. The van der Waals surface area contributed by atoms with E-state index in [4.69, 9.17) is 15.9 Å². The first-order valence-corrected chi connectivity index (χ1v) is 4.28. The first kappa shape index (κ1) is 9.31. The summed E-state index contributed by atoms with van der Waals surface area (Å²) in [6.45, 7) is 1.37. The summed E-state index contributed by atoms with van der Waals surface area (Å²) in [6.07, 6.45) is 11.8. The fraction of sp³-hybridized carbons (Fsp3) is 0.600. The summed E-state index contributed by atoms with van der Waals surface area (Å²) in [6, 6.07) is 0. The molecule has 0 radical (unpaired) electrons. The third-order valence-electron chi connectivity index (χ3n) is 1.73. The van der Waals surface area contributed by atoms with Crippen molar-refractivity contribution in [1.82, 2.24) is 0 Å². The molecule has 0 spiro atoms. The van der Waals surface area contributed by atoms with Crippen LogP contribution in [0.15, 0.2) is 12.2 Å². The van der Waals surface area contributed by atoms with Crippen LogP contribution in [-0.2, 0) is 9.47 Å². The average Bonchev–Trinajstić information content (AvgIpc) is 2.14. The summed E-state index contributed by atoms with van der Waals surface area (Å²) in [7, 11) is 0. The lowest BCUT2D eigenvalue weighted by Gasteiger charge is -2.21. The van der Waals surface area contributed by atoms with Gasteiger partial charge in [-0.25, -0.2) is 0 Å². The molecule has 1 fully saturated rings. The van der Waals surface area contributed by atoms with Gasteiger partial charge in [0, 0.05) is 6.61 Å². The zero-order valence-corrected chi connectivity index (χ0v) is 7.16. The van der Waals surface area contributed by atoms with Crippen LogP contribution in [0.1, 0.15) is 19.3 Å². The predicted molar refractivity (Wildman–Crippen MR) is 47.5 cm³/mol.